The average Bonchev–Trinajstić information content (AvgIpc) is 3.40. The number of fused-ring (bicyclic) bond motifs is 1. The van der Waals surface area contributed by atoms with E-state index in [1.54, 1.807) is 13.8 Å². The van der Waals surface area contributed by atoms with Crippen molar-refractivity contribution in [3.05, 3.63) is 58.3 Å². The molecule has 0 bridgehead atoms. The normalized spacial score (nSPS) is 29.2. The smallest absolute Gasteiger partial charge is 0.331 e. The maximum absolute atomic E-state index is 13.3. The largest absolute Gasteiger partial charge is 0.464 e. The Kier molecular flexibility index (Phi) is 4.81. The van der Waals surface area contributed by atoms with E-state index in [0.29, 0.717) is 5.56 Å². The van der Waals surface area contributed by atoms with Crippen molar-refractivity contribution in [3.63, 3.8) is 0 Å². The summed E-state index contributed by atoms with van der Waals surface area (Å²) in [5.74, 6) is -2.55. The van der Waals surface area contributed by atoms with Crippen molar-refractivity contribution in [2.45, 2.75) is 25.4 Å². The highest BCUT2D eigenvalue weighted by Gasteiger charge is 2.69. The Morgan fingerprint density at radius 1 is 1.14 bits per heavy atom. The first-order valence-corrected chi connectivity index (χ1v) is 10.3. The molecule has 2 aliphatic heterocycles. The molecule has 1 aromatic carbocycles. The first kappa shape index (κ1) is 18.8. The van der Waals surface area contributed by atoms with Gasteiger partial charge in [0.25, 0.3) is 0 Å². The fraction of sp³-hybridized carbons (Fsp3) is 0.381. The topological polar surface area (TPSA) is 75.7 Å². The van der Waals surface area contributed by atoms with Crippen molar-refractivity contribution < 1.29 is 19.1 Å². The summed E-state index contributed by atoms with van der Waals surface area (Å²) < 4.78 is 5.43. The number of ether oxygens (including phenoxy) is 1. The van der Waals surface area contributed by atoms with Gasteiger partial charge in [0.1, 0.15) is 0 Å². The van der Waals surface area contributed by atoms with Crippen LogP contribution in [-0.2, 0) is 24.7 Å². The van der Waals surface area contributed by atoms with Crippen LogP contribution in [0.5, 0.6) is 0 Å². The average molecular weight is 398 g/mol. The molecule has 3 heterocycles. The molecule has 4 atom stereocenters. The summed E-state index contributed by atoms with van der Waals surface area (Å²) in [5.41, 5.74) is -0.755. The molecule has 1 aromatic heterocycles. The lowest BCUT2D eigenvalue weighted by molar-refractivity contribution is -0.157. The summed E-state index contributed by atoms with van der Waals surface area (Å²) >= 11 is 1.51. The van der Waals surface area contributed by atoms with E-state index in [2.05, 4.69) is 5.32 Å². The molecule has 28 heavy (non-hydrogen) atoms. The summed E-state index contributed by atoms with van der Waals surface area (Å²) in [7, 11) is 0. The van der Waals surface area contributed by atoms with Crippen LogP contribution in [0.3, 0.4) is 0 Å². The van der Waals surface area contributed by atoms with Crippen molar-refractivity contribution >= 4 is 29.1 Å². The highest BCUT2D eigenvalue weighted by Crippen LogP contribution is 2.53. The zero-order chi connectivity index (χ0) is 19.9. The number of esters is 1. The first-order valence-electron chi connectivity index (χ1n) is 9.45. The number of imide groups is 1. The van der Waals surface area contributed by atoms with Gasteiger partial charge in [-0.2, -0.15) is 0 Å². The van der Waals surface area contributed by atoms with Crippen molar-refractivity contribution in [2.75, 3.05) is 13.2 Å². The van der Waals surface area contributed by atoms with E-state index in [9.17, 15) is 14.4 Å². The molecule has 146 valence electrons. The maximum atomic E-state index is 13.3. The van der Waals surface area contributed by atoms with Gasteiger partial charge in [0.15, 0.2) is 5.54 Å². The highest BCUT2D eigenvalue weighted by molar-refractivity contribution is 7.10. The summed E-state index contributed by atoms with van der Waals surface area (Å²) in [6.45, 7) is 3.99. The summed E-state index contributed by atoms with van der Waals surface area (Å²) in [5, 5.41) is 5.31. The quantitative estimate of drug-likeness (QED) is 0.619. The van der Waals surface area contributed by atoms with E-state index in [1.807, 2.05) is 47.8 Å². The summed E-state index contributed by atoms with van der Waals surface area (Å²) in [4.78, 5) is 42.0. The number of carbonyl (C=O) groups is 3. The predicted octanol–water partition coefficient (Wildman–Crippen LogP) is 2.47. The van der Waals surface area contributed by atoms with Crippen LogP contribution in [0.2, 0.25) is 0 Å². The molecule has 0 unspecified atom stereocenters. The number of hydrogen-bond acceptors (Lipinski definition) is 6. The van der Waals surface area contributed by atoms with Crippen molar-refractivity contribution in [3.8, 4) is 0 Å². The van der Waals surface area contributed by atoms with Crippen LogP contribution in [0.25, 0.3) is 0 Å². The highest BCUT2D eigenvalue weighted by atomic mass is 32.1. The number of nitrogens with zero attached hydrogens (tertiary/aromatic N) is 1. The van der Waals surface area contributed by atoms with Crippen LogP contribution in [0, 0.1) is 11.8 Å². The van der Waals surface area contributed by atoms with Crippen LogP contribution < -0.4 is 5.32 Å². The Morgan fingerprint density at radius 2 is 1.89 bits per heavy atom. The monoisotopic (exact) mass is 398 g/mol. The molecular formula is C21H22N2O4S. The fourth-order valence-corrected chi connectivity index (χ4v) is 5.33. The minimum absolute atomic E-state index is 0.190. The van der Waals surface area contributed by atoms with E-state index in [0.717, 1.165) is 4.88 Å². The number of likely N-dealkylation sites (tertiary alicyclic amines) is 1. The third kappa shape index (κ3) is 2.53. The zero-order valence-corrected chi connectivity index (χ0v) is 16.6. The molecular weight excluding hydrogens is 376 g/mol. The molecule has 1 N–H and O–H groups in total. The van der Waals surface area contributed by atoms with Gasteiger partial charge >= 0.3 is 5.97 Å². The van der Waals surface area contributed by atoms with Gasteiger partial charge in [0.05, 0.1) is 24.5 Å². The van der Waals surface area contributed by atoms with Gasteiger partial charge in [-0.1, -0.05) is 36.4 Å². The number of amides is 2. The maximum Gasteiger partial charge on any atom is 0.331 e. The molecule has 0 aliphatic carbocycles. The minimum Gasteiger partial charge on any atom is -0.464 e. The van der Waals surface area contributed by atoms with E-state index in [1.165, 1.54) is 16.2 Å². The Labute approximate surface area is 167 Å². The van der Waals surface area contributed by atoms with E-state index < -0.39 is 29.4 Å². The van der Waals surface area contributed by atoms with Crippen LogP contribution in [0.1, 0.15) is 30.3 Å². The number of hydrogen-bond donors (Lipinski definition) is 1. The first-order chi connectivity index (χ1) is 13.6. The van der Waals surface area contributed by atoms with E-state index >= 15 is 0 Å². The Morgan fingerprint density at radius 3 is 2.50 bits per heavy atom. The molecule has 2 aliphatic rings. The van der Waals surface area contributed by atoms with Crippen LogP contribution in [-0.4, -0.2) is 35.8 Å². The molecule has 0 saturated carbocycles. The van der Waals surface area contributed by atoms with Gasteiger partial charge < -0.3 is 4.74 Å². The predicted molar refractivity (Wildman–Crippen MR) is 104 cm³/mol. The lowest BCUT2D eigenvalue weighted by Gasteiger charge is -2.33. The molecule has 4 rings (SSSR count). The van der Waals surface area contributed by atoms with E-state index in [4.69, 9.17) is 4.74 Å². The van der Waals surface area contributed by atoms with Gasteiger partial charge in [-0.05, 0) is 30.9 Å². The lowest BCUT2D eigenvalue weighted by atomic mass is 9.75. The molecule has 0 radical (unpaired) electrons. The number of benzene rings is 1. The van der Waals surface area contributed by atoms with Crippen molar-refractivity contribution in [1.82, 2.24) is 10.2 Å². The molecule has 7 heteroatoms. The van der Waals surface area contributed by atoms with Crippen LogP contribution in [0.15, 0.2) is 47.8 Å². The lowest BCUT2D eigenvalue weighted by Crippen LogP contribution is -2.53. The van der Waals surface area contributed by atoms with Gasteiger partial charge in [0, 0.05) is 11.4 Å². The minimum atomic E-state index is -1.40. The van der Waals surface area contributed by atoms with Gasteiger partial charge in [-0.25, -0.2) is 4.79 Å². The van der Waals surface area contributed by atoms with Gasteiger partial charge in [0.2, 0.25) is 11.8 Å². The van der Waals surface area contributed by atoms with Gasteiger partial charge in [-0.3, -0.25) is 19.8 Å². The number of thiophene rings is 1. The fourth-order valence-electron chi connectivity index (χ4n) is 4.51. The number of nitrogens with one attached hydrogen (secondary N) is 1. The SMILES string of the molecule is CCOC(=O)[C@]1(c2ccccc2)N[C@@H](c2cccs2)[C@H]2C(=O)N(CC)C(=O)[C@H]21. The second-order valence-electron chi connectivity index (χ2n) is 6.96. The molecule has 2 saturated heterocycles. The second kappa shape index (κ2) is 7.14. The van der Waals surface area contributed by atoms with Crippen molar-refractivity contribution in [1.29, 1.82) is 0 Å². The molecule has 2 amide bonds. The second-order valence-corrected chi connectivity index (χ2v) is 7.94. The van der Waals surface area contributed by atoms with Crippen molar-refractivity contribution in [2.24, 2.45) is 11.8 Å². The standard InChI is InChI=1S/C21H22N2O4S/c1-3-23-18(24)15-16(19(23)25)21(20(26)27-4-2,13-9-6-5-7-10-13)22-17(15)14-11-8-12-28-14/h5-12,15-17,22H,3-4H2,1-2H3/t15-,16-,17-,21+/m0/s1. The third-order valence-corrected chi connectivity index (χ3v) is 6.60. The Hall–Kier alpha value is -2.51. The Bertz CT molecular complexity index is 898. The molecule has 2 aromatic rings. The molecule has 6 nitrogen and oxygen atoms in total. The Balaban J connectivity index is 1.93. The molecule has 0 spiro atoms. The summed E-state index contributed by atoms with van der Waals surface area (Å²) in [6.07, 6.45) is 0. The summed E-state index contributed by atoms with van der Waals surface area (Å²) in [6, 6.07) is 12.5. The van der Waals surface area contributed by atoms with Gasteiger partial charge in [-0.15, -0.1) is 11.3 Å². The third-order valence-electron chi connectivity index (χ3n) is 5.64. The van der Waals surface area contributed by atoms with E-state index in [-0.39, 0.29) is 25.0 Å². The number of rotatable bonds is 5. The molecule has 2 fully saturated rings. The zero-order valence-electron chi connectivity index (χ0n) is 15.8. The van der Waals surface area contributed by atoms with Crippen LogP contribution in [0.4, 0.5) is 0 Å². The van der Waals surface area contributed by atoms with Crippen LogP contribution >= 0.6 is 11.3 Å². The number of carbonyl (C=O) groups excluding carboxylic acids is 3.